The first-order valence-corrected chi connectivity index (χ1v) is 6.12. The molecule has 0 aliphatic heterocycles. The second-order valence-corrected chi connectivity index (χ2v) is 4.68. The lowest BCUT2D eigenvalue weighted by atomic mass is 10.1. The summed E-state index contributed by atoms with van der Waals surface area (Å²) in [6.07, 6.45) is -2.50. The van der Waals surface area contributed by atoms with Crippen molar-refractivity contribution in [3.63, 3.8) is 0 Å². The Labute approximate surface area is 117 Å². The lowest BCUT2D eigenvalue weighted by Crippen LogP contribution is -2.23. The normalized spacial score (nSPS) is 13.1. The summed E-state index contributed by atoms with van der Waals surface area (Å²) in [5, 5.41) is 14.4. The third kappa shape index (κ3) is 3.59. The zero-order valence-corrected chi connectivity index (χ0v) is 11.0. The third-order valence-corrected chi connectivity index (χ3v) is 2.93. The molecule has 1 atom stereocenters. The van der Waals surface area contributed by atoms with Gasteiger partial charge in [0.1, 0.15) is 0 Å². The van der Waals surface area contributed by atoms with Crippen LogP contribution in [0.3, 0.4) is 0 Å². The van der Waals surface area contributed by atoms with Gasteiger partial charge in [-0.05, 0) is 19.1 Å². The highest BCUT2D eigenvalue weighted by atomic mass is 19.4. The number of alkyl halides is 3. The molecule has 0 fully saturated rings. The molecule has 5 nitrogen and oxygen atoms in total. The molecule has 0 spiro atoms. The van der Waals surface area contributed by atoms with Crippen LogP contribution in [0, 0.1) is 10.1 Å². The molecule has 0 saturated carbocycles. The first kappa shape index (κ1) is 15.0. The van der Waals surface area contributed by atoms with Gasteiger partial charge in [-0.15, -0.1) is 0 Å². The molecule has 1 aromatic carbocycles. The molecule has 0 saturated heterocycles. The van der Waals surface area contributed by atoms with Crippen molar-refractivity contribution in [2.45, 2.75) is 25.6 Å². The number of pyridine rings is 1. The molecule has 0 aliphatic rings. The number of hydrogen-bond acceptors (Lipinski definition) is 4. The Morgan fingerprint density at radius 3 is 2.67 bits per heavy atom. The van der Waals surface area contributed by atoms with Crippen molar-refractivity contribution in [1.82, 2.24) is 4.98 Å². The van der Waals surface area contributed by atoms with Crippen molar-refractivity contribution in [2.24, 2.45) is 0 Å². The average Bonchev–Trinajstić information content (AvgIpc) is 2.36. The molecular formula is C13H12F3N3O2. The summed E-state index contributed by atoms with van der Waals surface area (Å²) >= 11 is 0. The van der Waals surface area contributed by atoms with Gasteiger partial charge in [0.15, 0.2) is 0 Å². The number of nitro benzene ring substituents is 1. The Balaban J connectivity index is 2.38. The first-order chi connectivity index (χ1) is 9.78. The van der Waals surface area contributed by atoms with Gasteiger partial charge in [-0.1, -0.05) is 0 Å². The smallest absolute Gasteiger partial charge is 0.382 e. The van der Waals surface area contributed by atoms with Crippen LogP contribution in [0.5, 0.6) is 0 Å². The number of non-ortho nitro benzene ring substituents is 1. The molecule has 1 aromatic heterocycles. The quantitative estimate of drug-likeness (QED) is 0.687. The Bertz CT molecular complexity index is 673. The van der Waals surface area contributed by atoms with Crippen molar-refractivity contribution in [3.05, 3.63) is 40.7 Å². The number of halogens is 3. The summed E-state index contributed by atoms with van der Waals surface area (Å²) < 4.78 is 37.1. The monoisotopic (exact) mass is 299 g/mol. The molecule has 112 valence electrons. The van der Waals surface area contributed by atoms with Gasteiger partial charge >= 0.3 is 6.18 Å². The van der Waals surface area contributed by atoms with Gasteiger partial charge in [0.25, 0.3) is 5.69 Å². The number of nitrogens with zero attached hydrogens (tertiary/aromatic N) is 2. The number of nitro groups is 1. The molecule has 0 aliphatic carbocycles. The van der Waals surface area contributed by atoms with Crippen molar-refractivity contribution < 1.29 is 18.1 Å². The lowest BCUT2D eigenvalue weighted by molar-refractivity contribution is -0.383. The van der Waals surface area contributed by atoms with E-state index >= 15 is 0 Å². The SMILES string of the molecule is CC(CC(F)(F)F)Nc1ccc([N+](=O)[O-])c2cnccc12. The molecule has 1 heterocycles. The van der Waals surface area contributed by atoms with E-state index in [4.69, 9.17) is 0 Å². The number of benzene rings is 1. The van der Waals surface area contributed by atoms with Gasteiger partial charge in [0.05, 0.1) is 16.7 Å². The van der Waals surface area contributed by atoms with Crippen LogP contribution < -0.4 is 5.32 Å². The average molecular weight is 299 g/mol. The molecule has 2 aromatic rings. The number of nitrogens with one attached hydrogen (secondary N) is 1. The van der Waals surface area contributed by atoms with E-state index in [0.29, 0.717) is 11.1 Å². The van der Waals surface area contributed by atoms with Crippen LogP contribution in [0.15, 0.2) is 30.6 Å². The molecule has 2 rings (SSSR count). The molecular weight excluding hydrogens is 287 g/mol. The van der Waals surface area contributed by atoms with E-state index in [1.807, 2.05) is 0 Å². The van der Waals surface area contributed by atoms with Gasteiger partial charge < -0.3 is 5.32 Å². The summed E-state index contributed by atoms with van der Waals surface area (Å²) in [6, 6.07) is 3.35. The highest BCUT2D eigenvalue weighted by Gasteiger charge is 2.30. The second kappa shape index (κ2) is 5.55. The number of rotatable bonds is 4. The maximum atomic E-state index is 12.4. The fourth-order valence-corrected chi connectivity index (χ4v) is 2.12. The number of aromatic nitrogens is 1. The molecule has 0 radical (unpaired) electrons. The number of hydrogen-bond donors (Lipinski definition) is 1. The molecule has 8 heteroatoms. The largest absolute Gasteiger partial charge is 0.391 e. The Hall–Kier alpha value is -2.38. The van der Waals surface area contributed by atoms with Crippen LogP contribution in [0.4, 0.5) is 24.5 Å². The fraction of sp³-hybridized carbons (Fsp3) is 0.308. The van der Waals surface area contributed by atoms with E-state index < -0.39 is 23.6 Å². The van der Waals surface area contributed by atoms with Gasteiger partial charge in [0, 0.05) is 35.6 Å². The fourth-order valence-electron chi connectivity index (χ4n) is 2.12. The van der Waals surface area contributed by atoms with Crippen LogP contribution in [-0.2, 0) is 0 Å². The molecule has 1 unspecified atom stereocenters. The zero-order chi connectivity index (χ0) is 15.6. The standard InChI is InChI=1S/C13H12F3N3O2/c1-8(6-13(14,15)16)18-11-2-3-12(19(20)21)10-7-17-5-4-9(10)11/h2-5,7-8,18H,6H2,1H3. The van der Waals surface area contributed by atoms with Crippen molar-refractivity contribution >= 4 is 22.1 Å². The predicted octanol–water partition coefficient (Wildman–Crippen LogP) is 3.90. The highest BCUT2D eigenvalue weighted by Crippen LogP contribution is 2.32. The van der Waals surface area contributed by atoms with Crippen LogP contribution >= 0.6 is 0 Å². The molecule has 0 amide bonds. The summed E-state index contributed by atoms with van der Waals surface area (Å²) in [6.45, 7) is 1.40. The minimum atomic E-state index is -4.27. The molecule has 1 N–H and O–H groups in total. The Kier molecular flexibility index (Phi) is 3.97. The van der Waals surface area contributed by atoms with Crippen molar-refractivity contribution in [1.29, 1.82) is 0 Å². The van der Waals surface area contributed by atoms with Gasteiger partial charge in [-0.2, -0.15) is 13.2 Å². The van der Waals surface area contributed by atoms with Gasteiger partial charge in [-0.25, -0.2) is 0 Å². The highest BCUT2D eigenvalue weighted by molar-refractivity contribution is 5.99. The van der Waals surface area contributed by atoms with Gasteiger partial charge in [0.2, 0.25) is 0 Å². The van der Waals surface area contributed by atoms with Crippen molar-refractivity contribution in [3.8, 4) is 0 Å². The van der Waals surface area contributed by atoms with E-state index in [9.17, 15) is 23.3 Å². The number of fused-ring (bicyclic) bond motifs is 1. The van der Waals surface area contributed by atoms with Crippen LogP contribution in [0.25, 0.3) is 10.8 Å². The van der Waals surface area contributed by atoms with Crippen LogP contribution in [0.1, 0.15) is 13.3 Å². The Morgan fingerprint density at radius 2 is 2.05 bits per heavy atom. The first-order valence-electron chi connectivity index (χ1n) is 6.12. The third-order valence-electron chi connectivity index (χ3n) is 2.93. The topological polar surface area (TPSA) is 68.1 Å². The van der Waals surface area contributed by atoms with Crippen molar-refractivity contribution in [2.75, 3.05) is 5.32 Å². The van der Waals surface area contributed by atoms with Gasteiger partial charge in [-0.3, -0.25) is 15.1 Å². The van der Waals surface area contributed by atoms with E-state index in [2.05, 4.69) is 10.3 Å². The van der Waals surface area contributed by atoms with Crippen LogP contribution in [0.2, 0.25) is 0 Å². The number of anilines is 1. The van der Waals surface area contributed by atoms with E-state index in [1.54, 1.807) is 0 Å². The summed E-state index contributed by atoms with van der Waals surface area (Å²) in [5.74, 6) is 0. The zero-order valence-electron chi connectivity index (χ0n) is 11.0. The van der Waals surface area contributed by atoms with Crippen LogP contribution in [-0.4, -0.2) is 22.1 Å². The van der Waals surface area contributed by atoms with E-state index in [-0.39, 0.29) is 11.1 Å². The summed E-state index contributed by atoms with van der Waals surface area (Å²) in [5.41, 5.74) is 0.280. The summed E-state index contributed by atoms with van der Waals surface area (Å²) in [7, 11) is 0. The minimum absolute atomic E-state index is 0.132. The Morgan fingerprint density at radius 1 is 1.33 bits per heavy atom. The maximum absolute atomic E-state index is 12.4. The van der Waals surface area contributed by atoms with E-state index in [1.165, 1.54) is 37.5 Å². The predicted molar refractivity (Wildman–Crippen MR) is 72.2 cm³/mol. The van der Waals surface area contributed by atoms with E-state index in [0.717, 1.165) is 0 Å². The second-order valence-electron chi connectivity index (χ2n) is 4.68. The molecule has 21 heavy (non-hydrogen) atoms. The maximum Gasteiger partial charge on any atom is 0.391 e. The summed E-state index contributed by atoms with van der Waals surface area (Å²) in [4.78, 5) is 14.2. The minimum Gasteiger partial charge on any atom is -0.382 e. The lowest BCUT2D eigenvalue weighted by Gasteiger charge is -2.18. The molecule has 0 bridgehead atoms.